The number of nitro benzene ring substituents is 1. The Morgan fingerprint density at radius 1 is 1.03 bits per heavy atom. The molecule has 1 fully saturated rings. The molecule has 162 valence electrons. The van der Waals surface area contributed by atoms with Crippen LogP contribution in [0.4, 0.5) is 40.7 Å². The minimum atomic E-state index is -0.863. The third kappa shape index (κ3) is 3.96. The lowest BCUT2D eigenvalue weighted by Gasteiger charge is -2.25. The van der Waals surface area contributed by atoms with Gasteiger partial charge in [-0.3, -0.25) is 20.0 Å². The van der Waals surface area contributed by atoms with Gasteiger partial charge in [-0.15, -0.1) is 0 Å². The van der Waals surface area contributed by atoms with E-state index in [9.17, 15) is 28.1 Å². The molecule has 0 saturated carbocycles. The number of hydrazone groups is 1. The minimum absolute atomic E-state index is 0.00698. The number of anilines is 3. The van der Waals surface area contributed by atoms with Gasteiger partial charge in [0.05, 0.1) is 42.0 Å². The smallest absolute Gasteiger partial charge is 0.414 e. The highest BCUT2D eigenvalue weighted by atomic mass is 19.1. The molecule has 1 saturated heterocycles. The fourth-order valence-corrected chi connectivity index (χ4v) is 3.44. The fourth-order valence-electron chi connectivity index (χ4n) is 3.44. The maximum absolute atomic E-state index is 14.8. The summed E-state index contributed by atoms with van der Waals surface area (Å²) in [6.07, 6.45) is 0.688. The topological polar surface area (TPSA) is 91.5 Å². The summed E-state index contributed by atoms with van der Waals surface area (Å²) in [6.45, 7) is 0.550. The van der Waals surface area contributed by atoms with Crippen LogP contribution in [0.3, 0.4) is 0 Å². The molecule has 0 aromatic heterocycles. The zero-order chi connectivity index (χ0) is 22.1. The van der Waals surface area contributed by atoms with Crippen molar-refractivity contribution in [2.75, 3.05) is 47.6 Å². The van der Waals surface area contributed by atoms with Crippen molar-refractivity contribution in [2.24, 2.45) is 5.10 Å². The van der Waals surface area contributed by atoms with Crippen LogP contribution in [-0.4, -0.2) is 50.0 Å². The summed E-state index contributed by atoms with van der Waals surface area (Å²) in [5.74, 6) is -2.56. The number of halogens is 3. The molecule has 1 amide bonds. The van der Waals surface area contributed by atoms with E-state index < -0.39 is 34.2 Å². The van der Waals surface area contributed by atoms with Crippen molar-refractivity contribution in [2.45, 2.75) is 0 Å². The lowest BCUT2D eigenvalue weighted by molar-refractivity contribution is -0.385. The highest BCUT2D eigenvalue weighted by molar-refractivity contribution is 5.89. The van der Waals surface area contributed by atoms with Gasteiger partial charge in [0.15, 0.2) is 17.5 Å². The molecule has 12 heteroatoms. The second-order valence-electron chi connectivity index (χ2n) is 6.78. The molecule has 0 spiro atoms. The first-order valence-corrected chi connectivity index (χ1v) is 9.27. The van der Waals surface area contributed by atoms with E-state index in [0.29, 0.717) is 0 Å². The predicted octanol–water partition coefficient (Wildman–Crippen LogP) is 3.28. The SMILES string of the molecule is O=C1OCCN1c1cc(F)c(N2CC=NN(c3ccc([N+](=O)[O-])cc3F)CC2)c(F)c1. The van der Waals surface area contributed by atoms with Crippen LogP contribution in [0, 0.1) is 27.6 Å². The molecule has 0 aliphatic carbocycles. The second-order valence-corrected chi connectivity index (χ2v) is 6.78. The average Bonchev–Trinajstić information content (AvgIpc) is 3.01. The fraction of sp³-hybridized carbons (Fsp3) is 0.263. The van der Waals surface area contributed by atoms with Gasteiger partial charge >= 0.3 is 6.09 Å². The molecule has 4 rings (SSSR count). The Morgan fingerprint density at radius 2 is 1.77 bits per heavy atom. The molecule has 0 atom stereocenters. The van der Waals surface area contributed by atoms with E-state index in [-0.39, 0.29) is 49.8 Å². The van der Waals surface area contributed by atoms with E-state index in [1.807, 2.05) is 0 Å². The number of carbonyl (C=O) groups excluding carboxylic acids is 1. The monoisotopic (exact) mass is 435 g/mol. The van der Waals surface area contributed by atoms with Crippen molar-refractivity contribution < 1.29 is 27.6 Å². The third-order valence-corrected chi connectivity index (χ3v) is 4.92. The van der Waals surface area contributed by atoms with Gasteiger partial charge in [-0.25, -0.2) is 18.0 Å². The Kier molecular flexibility index (Phi) is 5.36. The maximum Gasteiger partial charge on any atom is 0.414 e. The first kappa shape index (κ1) is 20.4. The Labute approximate surface area is 174 Å². The Hall–Kier alpha value is -3.83. The van der Waals surface area contributed by atoms with Crippen LogP contribution < -0.4 is 14.8 Å². The number of amides is 1. The zero-order valence-corrected chi connectivity index (χ0v) is 16.0. The number of benzene rings is 2. The summed E-state index contributed by atoms with van der Waals surface area (Å²) in [5.41, 5.74) is -0.631. The molecule has 2 aliphatic rings. The van der Waals surface area contributed by atoms with Crippen molar-refractivity contribution in [3.8, 4) is 0 Å². The number of nitrogens with zero attached hydrogens (tertiary/aromatic N) is 5. The van der Waals surface area contributed by atoms with Crippen LogP contribution in [-0.2, 0) is 4.74 Å². The summed E-state index contributed by atoms with van der Waals surface area (Å²) in [7, 11) is 0. The van der Waals surface area contributed by atoms with Crippen LogP contribution in [0.5, 0.6) is 0 Å². The minimum Gasteiger partial charge on any atom is -0.447 e. The maximum atomic E-state index is 14.8. The van der Waals surface area contributed by atoms with E-state index >= 15 is 0 Å². The Bertz CT molecular complexity index is 1060. The molecule has 2 aromatic carbocycles. The van der Waals surface area contributed by atoms with E-state index in [0.717, 1.165) is 29.2 Å². The van der Waals surface area contributed by atoms with E-state index in [2.05, 4.69) is 5.10 Å². The lowest BCUT2D eigenvalue weighted by atomic mass is 10.2. The molecular formula is C19H16F3N5O4. The number of nitro groups is 1. The number of non-ortho nitro benzene ring substituents is 1. The number of hydrogen-bond donors (Lipinski definition) is 0. The summed E-state index contributed by atoms with van der Waals surface area (Å²) in [5, 5.41) is 16.1. The Balaban J connectivity index is 1.54. The van der Waals surface area contributed by atoms with Crippen LogP contribution in [0.15, 0.2) is 35.4 Å². The average molecular weight is 435 g/mol. The lowest BCUT2D eigenvalue weighted by Crippen LogP contribution is -2.32. The molecule has 2 heterocycles. The van der Waals surface area contributed by atoms with Gasteiger partial charge in [-0.05, 0) is 6.07 Å². The van der Waals surface area contributed by atoms with Gasteiger partial charge in [0.25, 0.3) is 5.69 Å². The number of cyclic esters (lactones) is 1. The van der Waals surface area contributed by atoms with Gasteiger partial charge in [-0.1, -0.05) is 0 Å². The van der Waals surface area contributed by atoms with Crippen molar-refractivity contribution in [3.63, 3.8) is 0 Å². The largest absolute Gasteiger partial charge is 0.447 e. The van der Waals surface area contributed by atoms with E-state index in [4.69, 9.17) is 4.74 Å². The molecule has 2 aromatic rings. The second kappa shape index (κ2) is 8.13. The molecule has 0 radical (unpaired) electrons. The summed E-state index contributed by atoms with van der Waals surface area (Å²) in [4.78, 5) is 24.2. The predicted molar refractivity (Wildman–Crippen MR) is 106 cm³/mol. The van der Waals surface area contributed by atoms with Crippen LogP contribution in [0.1, 0.15) is 0 Å². The van der Waals surface area contributed by atoms with Crippen LogP contribution in [0.2, 0.25) is 0 Å². The number of carbonyl (C=O) groups is 1. The van der Waals surface area contributed by atoms with Crippen LogP contribution >= 0.6 is 0 Å². The molecule has 2 aliphatic heterocycles. The molecule has 0 bridgehead atoms. The first-order chi connectivity index (χ1) is 14.8. The van der Waals surface area contributed by atoms with Gasteiger partial charge in [-0.2, -0.15) is 5.10 Å². The zero-order valence-electron chi connectivity index (χ0n) is 16.0. The quantitative estimate of drug-likeness (QED) is 0.541. The normalized spacial score (nSPS) is 16.5. The third-order valence-electron chi connectivity index (χ3n) is 4.92. The molecular weight excluding hydrogens is 419 g/mol. The van der Waals surface area contributed by atoms with Gasteiger partial charge < -0.3 is 9.64 Å². The van der Waals surface area contributed by atoms with E-state index in [1.165, 1.54) is 22.2 Å². The Morgan fingerprint density at radius 3 is 2.39 bits per heavy atom. The van der Waals surface area contributed by atoms with E-state index in [1.54, 1.807) is 0 Å². The van der Waals surface area contributed by atoms with Gasteiger partial charge in [0, 0.05) is 31.0 Å². The number of ether oxygens (including phenoxy) is 1. The van der Waals surface area contributed by atoms with Gasteiger partial charge in [0.1, 0.15) is 12.3 Å². The number of hydrogen-bond acceptors (Lipinski definition) is 7. The highest BCUT2D eigenvalue weighted by Crippen LogP contribution is 2.31. The van der Waals surface area contributed by atoms with Crippen molar-refractivity contribution in [3.05, 3.63) is 57.9 Å². The van der Waals surface area contributed by atoms with Crippen molar-refractivity contribution in [1.29, 1.82) is 0 Å². The molecule has 0 N–H and O–H groups in total. The van der Waals surface area contributed by atoms with Gasteiger partial charge in [0.2, 0.25) is 0 Å². The van der Waals surface area contributed by atoms with Crippen molar-refractivity contribution >= 4 is 35.1 Å². The summed E-state index contributed by atoms with van der Waals surface area (Å²) < 4.78 is 48.6. The standard InChI is InChI=1S/C19H16F3N5O4/c20-14-9-12(27(29)30)1-2-17(14)26-6-5-24(4-3-23-26)18-15(21)10-13(11-16(18)22)25-7-8-31-19(25)28/h1-3,9-11H,4-8H2. The van der Waals surface area contributed by atoms with Crippen molar-refractivity contribution in [1.82, 2.24) is 0 Å². The molecule has 31 heavy (non-hydrogen) atoms. The summed E-state index contributed by atoms with van der Waals surface area (Å²) in [6, 6.07) is 5.28. The van der Waals surface area contributed by atoms with Crippen LogP contribution in [0.25, 0.3) is 0 Å². The summed E-state index contributed by atoms with van der Waals surface area (Å²) >= 11 is 0. The number of rotatable bonds is 4. The molecule has 9 nitrogen and oxygen atoms in total. The highest BCUT2D eigenvalue weighted by Gasteiger charge is 2.27. The molecule has 0 unspecified atom stereocenters. The first-order valence-electron chi connectivity index (χ1n) is 9.27.